The predicted octanol–water partition coefficient (Wildman–Crippen LogP) is 18.5. The van der Waals surface area contributed by atoms with Crippen molar-refractivity contribution in [1.82, 2.24) is 0 Å². The smallest absolute Gasteiger partial charge is 0.0543 e. The third-order valence-electron chi connectivity index (χ3n) is 13.3. The zero-order chi connectivity index (χ0) is 46.5. The van der Waals surface area contributed by atoms with E-state index in [-0.39, 0.29) is 5.41 Å². The van der Waals surface area contributed by atoms with E-state index in [4.69, 9.17) is 0 Å². The molecule has 0 fully saturated rings. The van der Waals surface area contributed by atoms with E-state index in [1.807, 2.05) is 18.2 Å². The van der Waals surface area contributed by atoms with Gasteiger partial charge in [-0.25, -0.2) is 0 Å². The van der Waals surface area contributed by atoms with Crippen molar-refractivity contribution in [3.63, 3.8) is 0 Å². The lowest BCUT2D eigenvalue weighted by molar-refractivity contribution is 0.660. The molecule has 0 unspecified atom stereocenters. The molecule has 0 amide bonds. The molecule has 0 saturated heterocycles. The molecule has 0 bridgehead atoms. The fourth-order valence-corrected chi connectivity index (χ4v) is 9.73. The first-order chi connectivity index (χ1) is 32.6. The number of anilines is 3. The van der Waals surface area contributed by atoms with Gasteiger partial charge in [0.2, 0.25) is 0 Å². The molecule has 328 valence electrons. The first-order valence-electron chi connectivity index (χ1n) is 23.5. The van der Waals surface area contributed by atoms with E-state index >= 15 is 0 Å². The molecule has 0 radical (unpaired) electrons. The monoisotopic (exact) mass is 865 g/mol. The van der Waals surface area contributed by atoms with Crippen LogP contribution in [0.5, 0.6) is 0 Å². The van der Waals surface area contributed by atoms with Crippen molar-refractivity contribution < 1.29 is 0 Å². The lowest BCUT2D eigenvalue weighted by Crippen LogP contribution is -2.17. The van der Waals surface area contributed by atoms with Gasteiger partial charge in [0.25, 0.3) is 0 Å². The average Bonchev–Trinajstić information content (AvgIpc) is 3.58. The van der Waals surface area contributed by atoms with Crippen molar-refractivity contribution in [2.75, 3.05) is 4.90 Å². The molecule has 10 aromatic carbocycles. The Morgan fingerprint density at radius 3 is 1.51 bits per heavy atom. The van der Waals surface area contributed by atoms with Gasteiger partial charge in [0.15, 0.2) is 0 Å². The summed E-state index contributed by atoms with van der Waals surface area (Å²) in [6, 6.07) is 82.7. The zero-order valence-corrected chi connectivity index (χ0v) is 39.9. The third kappa shape index (κ3) is 9.24. The van der Waals surface area contributed by atoms with E-state index in [9.17, 15) is 0 Å². The molecule has 0 N–H and O–H groups in total. The second-order valence-electron chi connectivity index (χ2n) is 18.4. The quantitative estimate of drug-likeness (QED) is 0.161. The first-order valence-corrected chi connectivity index (χ1v) is 23.5. The van der Waals surface area contributed by atoms with E-state index in [1.165, 1.54) is 106 Å². The Labute approximate surface area is 398 Å². The second-order valence-corrected chi connectivity index (χ2v) is 18.4. The standard InChI is InChI=1S/C40H35N.C19H16.C7H8/c1-26-19-21-35-36(23-26)40(4,5)37-25-38(33-17-11-12-18-34(33)39(35)37)41(29-14-7-6-8-15-29)30-20-22-32(28(3)24-30)31-16-10-9-13-27(31)2;1-15-12-13-18(16-8-4-2-5-9-16)14-19(15)17-10-6-3-7-11-17;1-7-5-3-2-4-6-7/h6-25H,1-5H3;2-14H,1H3;2-6H,1H3. The van der Waals surface area contributed by atoms with Crippen LogP contribution in [0, 0.1) is 34.6 Å². The average molecular weight is 866 g/mol. The Bertz CT molecular complexity index is 3290. The van der Waals surface area contributed by atoms with Crippen LogP contribution in [0.25, 0.3) is 55.3 Å². The number of rotatable bonds is 6. The molecular formula is C66H59N. The summed E-state index contributed by atoms with van der Waals surface area (Å²) in [5, 5.41) is 2.57. The summed E-state index contributed by atoms with van der Waals surface area (Å²) < 4.78 is 0. The summed E-state index contributed by atoms with van der Waals surface area (Å²) in [7, 11) is 0. The summed E-state index contributed by atoms with van der Waals surface area (Å²) in [5.74, 6) is 0. The van der Waals surface area contributed by atoms with Crippen molar-refractivity contribution in [3.05, 3.63) is 269 Å². The Morgan fingerprint density at radius 1 is 0.313 bits per heavy atom. The minimum atomic E-state index is -0.0948. The maximum absolute atomic E-state index is 2.46. The van der Waals surface area contributed by atoms with Crippen LogP contribution >= 0.6 is 0 Å². The van der Waals surface area contributed by atoms with Gasteiger partial charge < -0.3 is 4.90 Å². The minimum Gasteiger partial charge on any atom is -0.310 e. The van der Waals surface area contributed by atoms with E-state index in [0.717, 1.165) is 5.69 Å². The Kier molecular flexibility index (Phi) is 12.9. The minimum absolute atomic E-state index is 0.0948. The summed E-state index contributed by atoms with van der Waals surface area (Å²) in [6.45, 7) is 15.6. The maximum Gasteiger partial charge on any atom is 0.0543 e. The molecule has 1 aliphatic rings. The number of para-hydroxylation sites is 1. The molecule has 0 aliphatic heterocycles. The number of hydrogen-bond acceptors (Lipinski definition) is 1. The fraction of sp³-hybridized carbons (Fsp3) is 0.121. The van der Waals surface area contributed by atoms with Crippen molar-refractivity contribution in [1.29, 1.82) is 0 Å². The van der Waals surface area contributed by atoms with E-state index in [1.54, 1.807) is 0 Å². The van der Waals surface area contributed by atoms with Gasteiger partial charge in [-0.3, -0.25) is 0 Å². The van der Waals surface area contributed by atoms with E-state index in [2.05, 4.69) is 266 Å². The van der Waals surface area contributed by atoms with Gasteiger partial charge in [0.05, 0.1) is 5.69 Å². The fourth-order valence-electron chi connectivity index (χ4n) is 9.73. The summed E-state index contributed by atoms with van der Waals surface area (Å²) >= 11 is 0. The molecular weight excluding hydrogens is 807 g/mol. The highest BCUT2D eigenvalue weighted by Crippen LogP contribution is 2.54. The van der Waals surface area contributed by atoms with Crippen LogP contribution in [0.4, 0.5) is 17.1 Å². The Balaban J connectivity index is 0.000000177. The largest absolute Gasteiger partial charge is 0.310 e. The van der Waals surface area contributed by atoms with Gasteiger partial charge in [-0.1, -0.05) is 219 Å². The second kappa shape index (κ2) is 19.4. The number of benzene rings is 10. The van der Waals surface area contributed by atoms with Gasteiger partial charge >= 0.3 is 0 Å². The molecule has 0 spiro atoms. The molecule has 10 aromatic rings. The summed E-state index contributed by atoms with van der Waals surface area (Å²) in [4.78, 5) is 2.45. The summed E-state index contributed by atoms with van der Waals surface area (Å²) in [6.07, 6.45) is 0. The molecule has 1 nitrogen and oxygen atoms in total. The van der Waals surface area contributed by atoms with Crippen molar-refractivity contribution in [3.8, 4) is 44.5 Å². The molecule has 0 saturated carbocycles. The van der Waals surface area contributed by atoms with E-state index < -0.39 is 0 Å². The normalized spacial score (nSPS) is 11.9. The van der Waals surface area contributed by atoms with E-state index in [0.29, 0.717) is 0 Å². The molecule has 11 rings (SSSR count). The Hall–Kier alpha value is -7.74. The topological polar surface area (TPSA) is 3.24 Å². The number of nitrogens with zero attached hydrogens (tertiary/aromatic N) is 1. The molecule has 0 atom stereocenters. The highest BCUT2D eigenvalue weighted by molar-refractivity contribution is 6.10. The zero-order valence-electron chi connectivity index (χ0n) is 39.9. The SMILES string of the molecule is Cc1ccc(-c2ccccc2)cc1-c1ccccc1.Cc1ccc2c(c1)C(C)(C)c1cc(N(c3ccccc3)c3ccc(-c4ccccc4C)c(C)c3)c3ccccc3c1-2.Cc1ccccc1. The Morgan fingerprint density at radius 2 is 0.866 bits per heavy atom. The third-order valence-corrected chi connectivity index (χ3v) is 13.3. The van der Waals surface area contributed by atoms with Crippen LogP contribution in [0.15, 0.2) is 231 Å². The maximum atomic E-state index is 2.46. The van der Waals surface area contributed by atoms with Crippen molar-refractivity contribution >= 4 is 27.8 Å². The highest BCUT2D eigenvalue weighted by Gasteiger charge is 2.38. The van der Waals surface area contributed by atoms with Crippen LogP contribution in [-0.4, -0.2) is 0 Å². The van der Waals surface area contributed by atoms with Gasteiger partial charge in [-0.2, -0.15) is 0 Å². The van der Waals surface area contributed by atoms with Crippen molar-refractivity contribution in [2.24, 2.45) is 0 Å². The number of fused-ring (bicyclic) bond motifs is 5. The van der Waals surface area contributed by atoms with Crippen molar-refractivity contribution in [2.45, 2.75) is 53.9 Å². The lowest BCUT2D eigenvalue weighted by Gasteiger charge is -2.30. The van der Waals surface area contributed by atoms with Gasteiger partial charge in [-0.05, 0) is 149 Å². The first kappa shape index (κ1) is 44.5. The molecule has 1 aliphatic carbocycles. The van der Waals surface area contributed by atoms with Crippen LogP contribution in [0.3, 0.4) is 0 Å². The molecule has 67 heavy (non-hydrogen) atoms. The predicted molar refractivity (Wildman–Crippen MR) is 289 cm³/mol. The molecule has 1 heteroatoms. The number of aryl methyl sites for hydroxylation is 5. The van der Waals surface area contributed by atoms with Crippen LogP contribution in [0.2, 0.25) is 0 Å². The van der Waals surface area contributed by atoms with Gasteiger partial charge in [-0.15, -0.1) is 0 Å². The molecule has 0 aromatic heterocycles. The highest BCUT2D eigenvalue weighted by atomic mass is 15.1. The van der Waals surface area contributed by atoms with Gasteiger partial charge in [0.1, 0.15) is 0 Å². The molecule has 0 heterocycles. The van der Waals surface area contributed by atoms with Crippen LogP contribution in [-0.2, 0) is 5.41 Å². The summed E-state index contributed by atoms with van der Waals surface area (Å²) in [5.41, 5.74) is 23.2. The number of hydrogen-bond donors (Lipinski definition) is 0. The lowest BCUT2D eigenvalue weighted by atomic mass is 9.81. The van der Waals surface area contributed by atoms with Gasteiger partial charge in [0, 0.05) is 22.2 Å². The van der Waals surface area contributed by atoms with Crippen LogP contribution < -0.4 is 4.90 Å². The van der Waals surface area contributed by atoms with Crippen LogP contribution in [0.1, 0.15) is 52.8 Å².